The Kier molecular flexibility index (Phi) is 5.44. The van der Waals surface area contributed by atoms with Crippen LogP contribution in [0.3, 0.4) is 0 Å². The molecule has 1 aromatic heterocycles. The number of benzene rings is 1. The number of aliphatic hydroxyl groups is 2. The number of aromatic nitrogens is 1. The zero-order valence-corrected chi connectivity index (χ0v) is 15.0. The summed E-state index contributed by atoms with van der Waals surface area (Å²) in [5.74, 6) is 1.19. The maximum atomic E-state index is 11.1. The highest BCUT2D eigenvalue weighted by Gasteiger charge is 2.42. The molecule has 5 atom stereocenters. The zero-order chi connectivity index (χ0) is 16.7. The fourth-order valence-corrected chi connectivity index (χ4v) is 4.48. The summed E-state index contributed by atoms with van der Waals surface area (Å²) < 4.78 is 0. The summed E-state index contributed by atoms with van der Waals surface area (Å²) in [6.07, 6.45) is 5.53. The molecule has 0 aliphatic carbocycles. The lowest BCUT2D eigenvalue weighted by molar-refractivity contribution is -0.0444. The maximum absolute atomic E-state index is 11.1. The first-order chi connectivity index (χ1) is 11.7. The van der Waals surface area contributed by atoms with E-state index in [1.807, 2.05) is 24.3 Å². The number of rotatable bonds is 4. The van der Waals surface area contributed by atoms with Gasteiger partial charge in [0.05, 0.1) is 18.2 Å². The molecule has 0 saturated carbocycles. The van der Waals surface area contributed by atoms with Crippen LogP contribution in [0, 0.1) is 11.8 Å². The predicted octanol–water partition coefficient (Wildman–Crippen LogP) is 3.08. The molecule has 2 bridgehead atoms. The second-order valence-electron chi connectivity index (χ2n) is 7.10. The van der Waals surface area contributed by atoms with Crippen LogP contribution >= 0.6 is 12.4 Å². The molecule has 1 aromatic carbocycles. The van der Waals surface area contributed by atoms with E-state index >= 15 is 0 Å². The molecule has 5 rings (SSSR count). The van der Waals surface area contributed by atoms with Crippen LogP contribution in [-0.4, -0.2) is 39.2 Å². The predicted molar refractivity (Wildman–Crippen MR) is 102 cm³/mol. The molecule has 4 nitrogen and oxygen atoms in total. The van der Waals surface area contributed by atoms with Crippen LogP contribution in [0.15, 0.2) is 43.1 Å². The molecule has 0 radical (unpaired) electrons. The molecular weight excluding hydrogens is 336 g/mol. The Balaban J connectivity index is 0.00000182. The number of nitrogens with zero attached hydrogens (tertiary/aromatic N) is 2. The third-order valence-electron chi connectivity index (χ3n) is 5.86. The first kappa shape index (κ1) is 18.3. The number of pyridine rings is 1. The number of aliphatic hydroxyl groups excluding tert-OH is 2. The average Bonchev–Trinajstić information content (AvgIpc) is 2.66. The normalized spacial score (nSPS) is 29.2. The van der Waals surface area contributed by atoms with E-state index in [-0.39, 0.29) is 25.1 Å². The first-order valence-electron chi connectivity index (χ1n) is 8.74. The van der Waals surface area contributed by atoms with Gasteiger partial charge >= 0.3 is 0 Å². The van der Waals surface area contributed by atoms with E-state index in [9.17, 15) is 10.2 Å². The molecule has 3 saturated heterocycles. The molecule has 25 heavy (non-hydrogen) atoms. The molecule has 3 aliphatic rings. The van der Waals surface area contributed by atoms with Gasteiger partial charge in [-0.3, -0.25) is 9.88 Å². The summed E-state index contributed by atoms with van der Waals surface area (Å²) in [6, 6.07) is 7.82. The minimum absolute atomic E-state index is 0. The summed E-state index contributed by atoms with van der Waals surface area (Å²) in [7, 11) is 0. The molecule has 2 unspecified atom stereocenters. The van der Waals surface area contributed by atoms with E-state index < -0.39 is 6.10 Å². The minimum atomic E-state index is -0.530. The van der Waals surface area contributed by atoms with Crippen molar-refractivity contribution < 1.29 is 10.2 Å². The van der Waals surface area contributed by atoms with Gasteiger partial charge in [-0.25, -0.2) is 0 Å². The topological polar surface area (TPSA) is 56.6 Å². The van der Waals surface area contributed by atoms with E-state index in [1.165, 1.54) is 6.42 Å². The van der Waals surface area contributed by atoms with Crippen molar-refractivity contribution in [3.8, 4) is 0 Å². The van der Waals surface area contributed by atoms with Crippen molar-refractivity contribution in [3.63, 3.8) is 0 Å². The third kappa shape index (κ3) is 3.20. The smallest absolute Gasteiger partial charge is 0.0952 e. The summed E-state index contributed by atoms with van der Waals surface area (Å²) in [5, 5.41) is 21.5. The van der Waals surface area contributed by atoms with Gasteiger partial charge in [-0.15, -0.1) is 19.0 Å². The highest BCUT2D eigenvalue weighted by Crippen LogP contribution is 2.42. The van der Waals surface area contributed by atoms with E-state index in [0.717, 1.165) is 41.5 Å². The second kappa shape index (κ2) is 7.42. The largest absolute Gasteiger partial charge is 0.392 e. The number of hydrogen-bond donors (Lipinski definition) is 2. The highest BCUT2D eigenvalue weighted by molar-refractivity contribution is 5.85. The van der Waals surface area contributed by atoms with Gasteiger partial charge in [0, 0.05) is 24.2 Å². The van der Waals surface area contributed by atoms with Gasteiger partial charge in [0.1, 0.15) is 0 Å². The molecule has 2 aromatic rings. The number of piperidine rings is 3. The van der Waals surface area contributed by atoms with Gasteiger partial charge in [-0.2, -0.15) is 0 Å². The van der Waals surface area contributed by atoms with Crippen LogP contribution < -0.4 is 0 Å². The third-order valence-corrected chi connectivity index (χ3v) is 5.86. The van der Waals surface area contributed by atoms with Gasteiger partial charge in [-0.05, 0) is 60.5 Å². The molecule has 4 heterocycles. The van der Waals surface area contributed by atoms with Gasteiger partial charge in [0.25, 0.3) is 0 Å². The zero-order valence-electron chi connectivity index (χ0n) is 14.2. The average molecular weight is 361 g/mol. The van der Waals surface area contributed by atoms with Gasteiger partial charge < -0.3 is 10.2 Å². The van der Waals surface area contributed by atoms with Crippen molar-refractivity contribution in [2.24, 2.45) is 11.8 Å². The van der Waals surface area contributed by atoms with Crippen LogP contribution in [0.5, 0.6) is 0 Å². The van der Waals surface area contributed by atoms with E-state index in [4.69, 9.17) is 0 Å². The van der Waals surface area contributed by atoms with Gasteiger partial charge in [0.2, 0.25) is 0 Å². The van der Waals surface area contributed by atoms with Crippen molar-refractivity contribution in [1.29, 1.82) is 0 Å². The first-order valence-corrected chi connectivity index (χ1v) is 8.74. The minimum Gasteiger partial charge on any atom is -0.392 e. The monoisotopic (exact) mass is 360 g/mol. The maximum Gasteiger partial charge on any atom is 0.0952 e. The lowest BCUT2D eigenvalue weighted by Gasteiger charge is -2.50. The Morgan fingerprint density at radius 3 is 2.88 bits per heavy atom. The SMILES string of the molecule is C=C[C@H]1CN2CCC1C[C@H]2[C@@H](O)c1ccnc2ccc(CO)cc12.Cl. The van der Waals surface area contributed by atoms with Crippen LogP contribution in [0.25, 0.3) is 10.9 Å². The lowest BCUT2D eigenvalue weighted by atomic mass is 9.73. The van der Waals surface area contributed by atoms with Crippen molar-refractivity contribution in [3.05, 3.63) is 54.2 Å². The number of fused-ring (bicyclic) bond motifs is 4. The Hall–Kier alpha value is -1.46. The molecule has 3 aliphatic heterocycles. The fourth-order valence-electron chi connectivity index (χ4n) is 4.48. The van der Waals surface area contributed by atoms with Crippen molar-refractivity contribution >= 4 is 23.3 Å². The van der Waals surface area contributed by atoms with Gasteiger partial charge in [-0.1, -0.05) is 12.1 Å². The molecule has 134 valence electrons. The molecule has 0 amide bonds. The van der Waals surface area contributed by atoms with E-state index in [0.29, 0.717) is 11.8 Å². The molecule has 2 N–H and O–H groups in total. The summed E-state index contributed by atoms with van der Waals surface area (Å²) in [5.41, 5.74) is 2.63. The summed E-state index contributed by atoms with van der Waals surface area (Å²) >= 11 is 0. The molecule has 5 heteroatoms. The second-order valence-corrected chi connectivity index (χ2v) is 7.10. The Morgan fingerprint density at radius 1 is 1.36 bits per heavy atom. The molecular formula is C20H25ClN2O2. The Bertz CT molecular complexity index is 766. The van der Waals surface area contributed by atoms with Crippen LogP contribution in [0.1, 0.15) is 30.1 Å². The van der Waals surface area contributed by atoms with Crippen molar-refractivity contribution in [1.82, 2.24) is 9.88 Å². The summed E-state index contributed by atoms with van der Waals surface area (Å²) in [6.45, 7) is 6.03. The van der Waals surface area contributed by atoms with Crippen molar-refractivity contribution in [2.45, 2.75) is 31.6 Å². The summed E-state index contributed by atoms with van der Waals surface area (Å²) in [4.78, 5) is 6.81. The van der Waals surface area contributed by atoms with Crippen LogP contribution in [0.2, 0.25) is 0 Å². The number of hydrogen-bond acceptors (Lipinski definition) is 4. The van der Waals surface area contributed by atoms with Crippen LogP contribution in [0.4, 0.5) is 0 Å². The Morgan fingerprint density at radius 2 is 2.20 bits per heavy atom. The quantitative estimate of drug-likeness (QED) is 0.823. The molecule has 3 fully saturated rings. The van der Waals surface area contributed by atoms with Gasteiger partial charge in [0.15, 0.2) is 0 Å². The van der Waals surface area contributed by atoms with E-state index in [2.05, 4.69) is 22.5 Å². The Labute approximate surface area is 154 Å². The standard InChI is InChI=1S/C20H24N2O2.ClH/c1-2-14-11-22-8-6-15(14)10-19(22)20(24)16-5-7-21-18-4-3-13(12-23)9-17(16)18;/h2-5,7,9,14-15,19-20,23-24H,1,6,8,10-12H2;1H/t14-,15?,19-,20-;/m0./s1. The van der Waals surface area contributed by atoms with E-state index in [1.54, 1.807) is 6.20 Å². The highest BCUT2D eigenvalue weighted by atomic mass is 35.5. The molecule has 0 spiro atoms. The van der Waals surface area contributed by atoms with Crippen LogP contribution in [-0.2, 0) is 6.61 Å². The van der Waals surface area contributed by atoms with Crippen molar-refractivity contribution in [2.75, 3.05) is 13.1 Å². The lowest BCUT2D eigenvalue weighted by Crippen LogP contribution is -2.54. The number of halogens is 1. The fraction of sp³-hybridized carbons (Fsp3) is 0.450.